The standard InChI is InChI=1S/C18H12Cl2FN3O2S/c19-11-3-1-10(2-4-11)17(26)24-18-23-13(9-27-18)8-16(25)22-12-5-6-15(21)14(20)7-12/h1-7,9H,8H2,(H,22,25)(H,23,24,26). The molecule has 0 bridgehead atoms. The maximum atomic E-state index is 13.1. The van der Waals surface area contributed by atoms with Gasteiger partial charge in [-0.05, 0) is 42.5 Å². The monoisotopic (exact) mass is 423 g/mol. The number of benzene rings is 2. The number of halogens is 3. The van der Waals surface area contributed by atoms with Crippen LogP contribution in [0.1, 0.15) is 16.1 Å². The maximum absolute atomic E-state index is 13.1. The van der Waals surface area contributed by atoms with E-state index in [-0.39, 0.29) is 23.3 Å². The predicted molar refractivity (Wildman–Crippen MR) is 105 cm³/mol. The number of nitrogens with zero attached hydrogens (tertiary/aromatic N) is 1. The molecule has 0 unspecified atom stereocenters. The van der Waals surface area contributed by atoms with Crippen molar-refractivity contribution in [2.45, 2.75) is 6.42 Å². The Hall–Kier alpha value is -2.48. The van der Waals surface area contributed by atoms with Crippen LogP contribution in [0.4, 0.5) is 15.2 Å². The van der Waals surface area contributed by atoms with Crippen LogP contribution in [0.2, 0.25) is 10.0 Å². The Kier molecular flexibility index (Phi) is 6.05. The third-order valence-electron chi connectivity index (χ3n) is 3.42. The first-order chi connectivity index (χ1) is 12.9. The molecule has 0 atom stereocenters. The Morgan fingerprint density at radius 1 is 1.07 bits per heavy atom. The highest BCUT2D eigenvalue weighted by Crippen LogP contribution is 2.21. The molecule has 0 saturated heterocycles. The molecule has 0 aliphatic carbocycles. The van der Waals surface area contributed by atoms with Gasteiger partial charge in [0.25, 0.3) is 5.91 Å². The number of nitrogens with one attached hydrogen (secondary N) is 2. The first kappa shape index (κ1) is 19.3. The van der Waals surface area contributed by atoms with Crippen molar-refractivity contribution >= 4 is 57.2 Å². The molecule has 0 saturated carbocycles. The second-order valence-electron chi connectivity index (χ2n) is 5.46. The first-order valence-electron chi connectivity index (χ1n) is 7.67. The van der Waals surface area contributed by atoms with Crippen molar-refractivity contribution < 1.29 is 14.0 Å². The molecule has 3 rings (SSSR count). The summed E-state index contributed by atoms with van der Waals surface area (Å²) in [6.07, 6.45) is 0.00229. The summed E-state index contributed by atoms with van der Waals surface area (Å²) >= 11 is 12.7. The number of carbonyl (C=O) groups is 2. The maximum Gasteiger partial charge on any atom is 0.257 e. The van der Waals surface area contributed by atoms with E-state index in [2.05, 4.69) is 15.6 Å². The van der Waals surface area contributed by atoms with Crippen molar-refractivity contribution in [2.75, 3.05) is 10.6 Å². The van der Waals surface area contributed by atoms with Crippen LogP contribution in [-0.2, 0) is 11.2 Å². The van der Waals surface area contributed by atoms with Crippen molar-refractivity contribution in [1.29, 1.82) is 0 Å². The summed E-state index contributed by atoms with van der Waals surface area (Å²) in [4.78, 5) is 28.4. The summed E-state index contributed by atoms with van der Waals surface area (Å²) in [6.45, 7) is 0. The van der Waals surface area contributed by atoms with E-state index in [0.717, 1.165) is 0 Å². The lowest BCUT2D eigenvalue weighted by atomic mass is 10.2. The molecule has 3 aromatic rings. The van der Waals surface area contributed by atoms with Gasteiger partial charge >= 0.3 is 0 Å². The average molecular weight is 424 g/mol. The van der Waals surface area contributed by atoms with Gasteiger partial charge in [0.2, 0.25) is 5.91 Å². The Morgan fingerprint density at radius 3 is 2.52 bits per heavy atom. The SMILES string of the molecule is O=C(Cc1csc(NC(=O)c2ccc(Cl)cc2)n1)Nc1ccc(F)c(Cl)c1. The van der Waals surface area contributed by atoms with Gasteiger partial charge in [-0.25, -0.2) is 9.37 Å². The number of hydrogen-bond donors (Lipinski definition) is 2. The lowest BCUT2D eigenvalue weighted by molar-refractivity contribution is -0.115. The normalized spacial score (nSPS) is 10.5. The van der Waals surface area contributed by atoms with Crippen molar-refractivity contribution in [1.82, 2.24) is 4.98 Å². The van der Waals surface area contributed by atoms with Crippen molar-refractivity contribution in [3.8, 4) is 0 Å². The van der Waals surface area contributed by atoms with Crippen LogP contribution in [0.15, 0.2) is 47.8 Å². The second-order valence-corrected chi connectivity index (χ2v) is 7.16. The molecule has 2 amide bonds. The summed E-state index contributed by atoms with van der Waals surface area (Å²) in [7, 11) is 0. The highest BCUT2D eigenvalue weighted by molar-refractivity contribution is 7.14. The van der Waals surface area contributed by atoms with E-state index in [1.165, 1.54) is 29.5 Å². The lowest BCUT2D eigenvalue weighted by Crippen LogP contribution is -2.15. The number of carbonyl (C=O) groups excluding carboxylic acids is 2. The Bertz CT molecular complexity index is 993. The zero-order valence-electron chi connectivity index (χ0n) is 13.6. The van der Waals surface area contributed by atoms with Crippen LogP contribution in [-0.4, -0.2) is 16.8 Å². The summed E-state index contributed by atoms with van der Waals surface area (Å²) in [5, 5.41) is 7.80. The summed E-state index contributed by atoms with van der Waals surface area (Å²) < 4.78 is 13.1. The van der Waals surface area contributed by atoms with E-state index in [9.17, 15) is 14.0 Å². The smallest absolute Gasteiger partial charge is 0.257 e. The molecule has 0 aliphatic heterocycles. The summed E-state index contributed by atoms with van der Waals surface area (Å²) in [5.41, 5.74) is 1.33. The molecule has 0 spiro atoms. The summed E-state index contributed by atoms with van der Waals surface area (Å²) in [6, 6.07) is 10.4. The average Bonchev–Trinajstić information content (AvgIpc) is 3.05. The Morgan fingerprint density at radius 2 is 1.81 bits per heavy atom. The minimum atomic E-state index is -0.560. The molecule has 1 aromatic heterocycles. The first-order valence-corrected chi connectivity index (χ1v) is 9.30. The van der Waals surface area contributed by atoms with Gasteiger partial charge in [-0.2, -0.15) is 0 Å². The van der Waals surface area contributed by atoms with E-state index in [1.54, 1.807) is 29.6 Å². The van der Waals surface area contributed by atoms with Crippen LogP contribution in [0.25, 0.3) is 0 Å². The van der Waals surface area contributed by atoms with Crippen molar-refractivity contribution in [3.05, 3.63) is 75.0 Å². The van der Waals surface area contributed by atoms with E-state index in [0.29, 0.717) is 27.1 Å². The van der Waals surface area contributed by atoms with Gasteiger partial charge in [-0.1, -0.05) is 23.2 Å². The quantitative estimate of drug-likeness (QED) is 0.604. The van der Waals surface area contributed by atoms with Crippen LogP contribution < -0.4 is 10.6 Å². The van der Waals surface area contributed by atoms with E-state index in [1.807, 2.05) is 0 Å². The fourth-order valence-corrected chi connectivity index (χ4v) is 3.17. The van der Waals surface area contributed by atoms with Crippen LogP contribution in [0.5, 0.6) is 0 Å². The number of amides is 2. The number of aromatic nitrogens is 1. The van der Waals surface area contributed by atoms with Gasteiger partial charge in [0.1, 0.15) is 5.82 Å². The second kappa shape index (κ2) is 8.47. The Balaban J connectivity index is 1.58. The predicted octanol–water partition coefficient (Wildman–Crippen LogP) is 5.02. The van der Waals surface area contributed by atoms with Crippen LogP contribution in [0.3, 0.4) is 0 Å². The number of rotatable bonds is 5. The van der Waals surface area contributed by atoms with E-state index < -0.39 is 5.82 Å². The van der Waals surface area contributed by atoms with Gasteiger partial charge in [-0.3, -0.25) is 14.9 Å². The van der Waals surface area contributed by atoms with Gasteiger partial charge in [-0.15, -0.1) is 11.3 Å². The molecule has 138 valence electrons. The molecule has 27 heavy (non-hydrogen) atoms. The molecule has 2 N–H and O–H groups in total. The largest absolute Gasteiger partial charge is 0.326 e. The molecular weight excluding hydrogens is 412 g/mol. The third-order valence-corrected chi connectivity index (χ3v) is 4.77. The van der Waals surface area contributed by atoms with Crippen molar-refractivity contribution in [2.24, 2.45) is 0 Å². The van der Waals surface area contributed by atoms with Gasteiger partial charge in [0, 0.05) is 21.7 Å². The number of hydrogen-bond acceptors (Lipinski definition) is 4. The van der Waals surface area contributed by atoms with Gasteiger partial charge in [0.15, 0.2) is 5.13 Å². The number of anilines is 2. The van der Waals surface area contributed by atoms with Gasteiger partial charge in [0.05, 0.1) is 17.1 Å². The molecular formula is C18H12Cl2FN3O2S. The summed E-state index contributed by atoms with van der Waals surface area (Å²) in [5.74, 6) is -1.22. The third kappa shape index (κ3) is 5.26. The topological polar surface area (TPSA) is 71.1 Å². The van der Waals surface area contributed by atoms with Crippen molar-refractivity contribution in [3.63, 3.8) is 0 Å². The molecule has 9 heteroatoms. The minimum absolute atomic E-state index is 0.00229. The fourth-order valence-electron chi connectivity index (χ4n) is 2.16. The highest BCUT2D eigenvalue weighted by Gasteiger charge is 2.12. The molecule has 0 radical (unpaired) electrons. The zero-order chi connectivity index (χ0) is 19.4. The Labute approximate surface area is 168 Å². The van der Waals surface area contributed by atoms with Gasteiger partial charge < -0.3 is 5.32 Å². The fraction of sp³-hybridized carbons (Fsp3) is 0.0556. The molecule has 2 aromatic carbocycles. The zero-order valence-corrected chi connectivity index (χ0v) is 16.0. The molecule has 1 heterocycles. The van der Waals surface area contributed by atoms with E-state index in [4.69, 9.17) is 23.2 Å². The lowest BCUT2D eigenvalue weighted by Gasteiger charge is -2.05. The van der Waals surface area contributed by atoms with E-state index >= 15 is 0 Å². The van der Waals surface area contributed by atoms with Crippen LogP contribution >= 0.6 is 34.5 Å². The van der Waals surface area contributed by atoms with Crippen LogP contribution in [0, 0.1) is 5.82 Å². The molecule has 5 nitrogen and oxygen atoms in total. The minimum Gasteiger partial charge on any atom is -0.326 e. The molecule has 0 fully saturated rings. The molecule has 0 aliphatic rings. The highest BCUT2D eigenvalue weighted by atomic mass is 35.5. The number of thiazole rings is 1.